The minimum atomic E-state index is -4.24. The molecule has 29 heavy (non-hydrogen) atoms. The Labute approximate surface area is 166 Å². The lowest BCUT2D eigenvalue weighted by Gasteiger charge is -2.27. The molecular formula is C21H15FN2O4S. The molecule has 0 N–H and O–H groups in total. The van der Waals surface area contributed by atoms with Crippen LogP contribution in [0.1, 0.15) is 10.4 Å². The van der Waals surface area contributed by atoms with Gasteiger partial charge in [0.25, 0.3) is 0 Å². The van der Waals surface area contributed by atoms with Gasteiger partial charge in [0, 0.05) is 17.7 Å². The van der Waals surface area contributed by atoms with Crippen molar-refractivity contribution in [2.45, 2.75) is 4.90 Å². The number of halogens is 1. The van der Waals surface area contributed by atoms with Crippen molar-refractivity contribution in [3.05, 3.63) is 84.2 Å². The van der Waals surface area contributed by atoms with E-state index < -0.39 is 26.5 Å². The predicted octanol–water partition coefficient (Wildman–Crippen LogP) is 3.96. The minimum Gasteiger partial charge on any atom is -0.497 e. The highest BCUT2D eigenvalue weighted by molar-refractivity contribution is 8.08. The van der Waals surface area contributed by atoms with E-state index in [4.69, 9.17) is 4.74 Å². The second-order valence-corrected chi connectivity index (χ2v) is 8.06. The summed E-state index contributed by atoms with van der Waals surface area (Å²) in [6, 6.07) is 17.9. The van der Waals surface area contributed by atoms with Gasteiger partial charge in [-0.2, -0.15) is 5.10 Å². The molecule has 0 saturated carbocycles. The standard InChI is InChI=1S/C21H15FN2O4S/c1-28-17-9-5-8-16(13-17)24-18-12-15(22)10-11-19(18)29(26,27)21(23-24)20(25)14-6-3-2-4-7-14/h2-13H,1H3. The van der Waals surface area contributed by atoms with Crippen LogP contribution in [-0.4, -0.2) is 26.4 Å². The van der Waals surface area contributed by atoms with Crippen LogP contribution >= 0.6 is 0 Å². The first-order chi connectivity index (χ1) is 13.9. The summed E-state index contributed by atoms with van der Waals surface area (Å²) in [4.78, 5) is 12.8. The van der Waals surface area contributed by atoms with Crippen molar-refractivity contribution in [1.29, 1.82) is 0 Å². The Morgan fingerprint density at radius 2 is 1.76 bits per heavy atom. The fourth-order valence-electron chi connectivity index (χ4n) is 3.01. The molecule has 146 valence electrons. The second-order valence-electron chi connectivity index (χ2n) is 6.23. The van der Waals surface area contributed by atoms with Crippen LogP contribution in [0.4, 0.5) is 15.8 Å². The van der Waals surface area contributed by atoms with Crippen molar-refractivity contribution in [1.82, 2.24) is 0 Å². The number of sulfone groups is 1. The minimum absolute atomic E-state index is 0.0165. The maximum absolute atomic E-state index is 13.9. The molecule has 3 aromatic rings. The second kappa shape index (κ2) is 7.14. The number of carbonyl (C=O) groups excluding carboxylic acids is 1. The van der Waals surface area contributed by atoms with Crippen LogP contribution in [0.2, 0.25) is 0 Å². The van der Waals surface area contributed by atoms with E-state index in [0.717, 1.165) is 18.2 Å². The molecule has 0 atom stereocenters. The number of rotatable bonds is 4. The molecule has 0 amide bonds. The molecule has 0 aliphatic carbocycles. The van der Waals surface area contributed by atoms with Crippen LogP contribution in [0, 0.1) is 5.82 Å². The highest BCUT2D eigenvalue weighted by Gasteiger charge is 2.38. The molecule has 0 unspecified atom stereocenters. The van der Waals surface area contributed by atoms with E-state index in [1.54, 1.807) is 42.5 Å². The number of Topliss-reactive ketones (excluding diaryl/α,β-unsaturated/α-hetero) is 1. The maximum Gasteiger partial charge on any atom is 0.231 e. The van der Waals surface area contributed by atoms with Gasteiger partial charge in [0.1, 0.15) is 11.6 Å². The number of anilines is 2. The number of nitrogens with zero attached hydrogens (tertiary/aromatic N) is 2. The highest BCUT2D eigenvalue weighted by atomic mass is 32.2. The maximum atomic E-state index is 13.9. The van der Waals surface area contributed by atoms with Gasteiger partial charge >= 0.3 is 0 Å². The first-order valence-electron chi connectivity index (χ1n) is 8.59. The Hall–Kier alpha value is -3.52. The average molecular weight is 410 g/mol. The van der Waals surface area contributed by atoms with Gasteiger partial charge in [-0.15, -0.1) is 0 Å². The van der Waals surface area contributed by atoms with Gasteiger partial charge in [-0.3, -0.25) is 4.79 Å². The third-order valence-electron chi connectivity index (χ3n) is 4.41. The molecule has 0 spiro atoms. The van der Waals surface area contributed by atoms with E-state index >= 15 is 0 Å². The molecule has 3 aromatic carbocycles. The molecule has 8 heteroatoms. The van der Waals surface area contributed by atoms with Crippen LogP contribution < -0.4 is 9.75 Å². The number of ether oxygens (including phenoxy) is 1. The summed E-state index contributed by atoms with van der Waals surface area (Å²) in [6.45, 7) is 0. The fourth-order valence-corrected chi connectivity index (χ4v) is 4.43. The molecule has 1 aliphatic heterocycles. The van der Waals surface area contributed by atoms with Crippen LogP contribution in [0.3, 0.4) is 0 Å². The van der Waals surface area contributed by atoms with Crippen molar-refractivity contribution in [3.8, 4) is 5.75 Å². The number of fused-ring (bicyclic) bond motifs is 1. The third kappa shape index (κ3) is 3.27. The van der Waals surface area contributed by atoms with E-state index in [2.05, 4.69) is 5.10 Å². The Balaban J connectivity index is 1.95. The summed E-state index contributed by atoms with van der Waals surface area (Å²) < 4.78 is 45.4. The Morgan fingerprint density at radius 1 is 1.00 bits per heavy atom. The lowest BCUT2D eigenvalue weighted by Crippen LogP contribution is -2.33. The van der Waals surface area contributed by atoms with Crippen molar-refractivity contribution < 1.29 is 22.3 Å². The van der Waals surface area contributed by atoms with E-state index in [0.29, 0.717) is 11.4 Å². The summed E-state index contributed by atoms with van der Waals surface area (Å²) in [6.07, 6.45) is 0. The van der Waals surface area contributed by atoms with Gasteiger partial charge in [-0.1, -0.05) is 36.4 Å². The molecule has 4 rings (SSSR count). The quantitative estimate of drug-likeness (QED) is 0.481. The molecular weight excluding hydrogens is 395 g/mol. The Kier molecular flexibility index (Phi) is 4.63. The summed E-state index contributed by atoms with van der Waals surface area (Å²) in [7, 11) is -2.76. The van der Waals surface area contributed by atoms with Gasteiger partial charge in [0.2, 0.25) is 20.7 Å². The van der Waals surface area contributed by atoms with Crippen LogP contribution in [0.5, 0.6) is 5.75 Å². The normalized spacial score (nSPS) is 14.7. The topological polar surface area (TPSA) is 76.0 Å². The number of hydrogen-bond acceptors (Lipinski definition) is 6. The molecule has 1 heterocycles. The van der Waals surface area contributed by atoms with Gasteiger partial charge in [-0.05, 0) is 24.3 Å². The van der Waals surface area contributed by atoms with Crippen molar-refractivity contribution >= 4 is 32.0 Å². The van der Waals surface area contributed by atoms with Crippen molar-refractivity contribution in [2.24, 2.45) is 5.10 Å². The number of methoxy groups -OCH3 is 1. The first-order valence-corrected chi connectivity index (χ1v) is 10.1. The molecule has 0 bridgehead atoms. The lowest BCUT2D eigenvalue weighted by molar-refractivity contribution is 0.106. The first kappa shape index (κ1) is 18.8. The fraction of sp³-hybridized carbons (Fsp3) is 0.0476. The molecule has 0 aromatic heterocycles. The van der Waals surface area contributed by atoms with Crippen molar-refractivity contribution in [3.63, 3.8) is 0 Å². The van der Waals surface area contributed by atoms with E-state index in [1.807, 2.05) is 0 Å². The molecule has 1 aliphatic rings. The smallest absolute Gasteiger partial charge is 0.231 e. The predicted molar refractivity (Wildman–Crippen MR) is 107 cm³/mol. The summed E-state index contributed by atoms with van der Waals surface area (Å²) in [5.74, 6) is -0.867. The van der Waals surface area contributed by atoms with Gasteiger partial charge in [0.15, 0.2) is 0 Å². The Morgan fingerprint density at radius 3 is 2.48 bits per heavy atom. The monoisotopic (exact) mass is 410 g/mol. The zero-order valence-corrected chi connectivity index (χ0v) is 16.1. The SMILES string of the molecule is COc1cccc(N2N=C(C(=O)c3ccccc3)S(=O)(=O)c3ccc(F)cc32)c1. The van der Waals surface area contributed by atoms with Crippen molar-refractivity contribution in [2.75, 3.05) is 12.1 Å². The van der Waals surface area contributed by atoms with Gasteiger partial charge < -0.3 is 4.74 Å². The summed E-state index contributed by atoms with van der Waals surface area (Å²) in [5, 5.41) is 4.73. The third-order valence-corrected chi connectivity index (χ3v) is 6.11. The van der Waals surface area contributed by atoms with Crippen LogP contribution in [0.25, 0.3) is 0 Å². The lowest BCUT2D eigenvalue weighted by atomic mass is 10.1. The zero-order valence-electron chi connectivity index (χ0n) is 15.2. The number of hydrogen-bond donors (Lipinski definition) is 0. The average Bonchev–Trinajstić information content (AvgIpc) is 2.74. The van der Waals surface area contributed by atoms with Crippen LogP contribution in [0.15, 0.2) is 82.8 Å². The van der Waals surface area contributed by atoms with Gasteiger partial charge in [-0.25, -0.2) is 17.8 Å². The molecule has 0 radical (unpaired) electrons. The Bertz CT molecular complexity index is 1240. The number of carbonyl (C=O) groups is 1. The molecule has 0 saturated heterocycles. The highest BCUT2D eigenvalue weighted by Crippen LogP contribution is 2.38. The summed E-state index contributed by atoms with van der Waals surface area (Å²) in [5.41, 5.74) is 0.623. The zero-order chi connectivity index (χ0) is 20.6. The van der Waals surface area contributed by atoms with E-state index in [-0.39, 0.29) is 16.1 Å². The number of ketones is 1. The molecule has 0 fully saturated rings. The number of hydrazone groups is 1. The molecule has 6 nitrogen and oxygen atoms in total. The number of benzene rings is 3. The van der Waals surface area contributed by atoms with E-state index in [9.17, 15) is 17.6 Å². The largest absolute Gasteiger partial charge is 0.497 e. The van der Waals surface area contributed by atoms with Gasteiger partial charge in [0.05, 0.1) is 23.4 Å². The summed E-state index contributed by atoms with van der Waals surface area (Å²) >= 11 is 0. The van der Waals surface area contributed by atoms with E-state index in [1.165, 1.54) is 24.3 Å². The van der Waals surface area contributed by atoms with Crippen LogP contribution in [-0.2, 0) is 9.84 Å².